The molecule has 5 heteroatoms. The monoisotopic (exact) mass is 198 g/mol. The van der Waals surface area contributed by atoms with Gasteiger partial charge in [0.05, 0.1) is 7.11 Å². The minimum absolute atomic E-state index is 0.250. The first kappa shape index (κ1) is 10.6. The standard InChI is InChI=1S/C9H11FN2O2/c1-5(11)6-3-4-12-8(7(6)10)9(13)14-2/h3-5H,11H2,1-2H3/t5-/m1/s1. The van der Waals surface area contributed by atoms with Crippen LogP contribution in [0.25, 0.3) is 0 Å². The maximum Gasteiger partial charge on any atom is 0.359 e. The summed E-state index contributed by atoms with van der Waals surface area (Å²) in [5.74, 6) is -1.51. The van der Waals surface area contributed by atoms with Gasteiger partial charge in [0.25, 0.3) is 0 Å². The molecule has 0 saturated heterocycles. The van der Waals surface area contributed by atoms with Crippen LogP contribution in [0.3, 0.4) is 0 Å². The van der Waals surface area contributed by atoms with Crippen molar-refractivity contribution in [2.24, 2.45) is 5.73 Å². The molecular weight excluding hydrogens is 187 g/mol. The summed E-state index contributed by atoms with van der Waals surface area (Å²) in [6.45, 7) is 1.62. The molecule has 0 amide bonds. The van der Waals surface area contributed by atoms with Crippen LogP contribution in [0.15, 0.2) is 12.3 Å². The Morgan fingerprint density at radius 2 is 2.36 bits per heavy atom. The zero-order valence-electron chi connectivity index (χ0n) is 7.95. The van der Waals surface area contributed by atoms with Gasteiger partial charge in [-0.3, -0.25) is 0 Å². The van der Waals surface area contributed by atoms with E-state index < -0.39 is 17.8 Å². The number of hydrogen-bond acceptors (Lipinski definition) is 4. The van der Waals surface area contributed by atoms with Crippen molar-refractivity contribution in [2.45, 2.75) is 13.0 Å². The number of hydrogen-bond donors (Lipinski definition) is 1. The van der Waals surface area contributed by atoms with Crippen LogP contribution in [0.2, 0.25) is 0 Å². The second-order valence-electron chi connectivity index (χ2n) is 2.84. The molecular formula is C9H11FN2O2. The summed E-state index contributed by atoms with van der Waals surface area (Å²) < 4.78 is 17.9. The number of carbonyl (C=O) groups excluding carboxylic acids is 1. The Morgan fingerprint density at radius 3 is 2.86 bits per heavy atom. The van der Waals surface area contributed by atoms with Crippen LogP contribution < -0.4 is 5.73 Å². The summed E-state index contributed by atoms with van der Waals surface area (Å²) in [6.07, 6.45) is 1.33. The second-order valence-corrected chi connectivity index (χ2v) is 2.84. The molecule has 0 unspecified atom stereocenters. The number of rotatable bonds is 2. The number of carbonyl (C=O) groups is 1. The van der Waals surface area contributed by atoms with Gasteiger partial charge in [-0.2, -0.15) is 0 Å². The summed E-state index contributed by atoms with van der Waals surface area (Å²) in [7, 11) is 1.17. The summed E-state index contributed by atoms with van der Waals surface area (Å²) in [5, 5.41) is 0. The molecule has 76 valence electrons. The number of ether oxygens (including phenoxy) is 1. The summed E-state index contributed by atoms with van der Waals surface area (Å²) in [5.41, 5.74) is 5.42. The van der Waals surface area contributed by atoms with Crippen LogP contribution in [0.1, 0.15) is 29.0 Å². The first-order chi connectivity index (χ1) is 6.57. The van der Waals surface area contributed by atoms with Gasteiger partial charge in [-0.25, -0.2) is 14.2 Å². The topological polar surface area (TPSA) is 65.2 Å². The average Bonchev–Trinajstić information content (AvgIpc) is 2.16. The normalized spacial score (nSPS) is 12.3. The van der Waals surface area contributed by atoms with E-state index in [0.29, 0.717) is 0 Å². The van der Waals surface area contributed by atoms with E-state index in [1.165, 1.54) is 19.4 Å². The first-order valence-corrected chi connectivity index (χ1v) is 4.06. The van der Waals surface area contributed by atoms with Crippen LogP contribution >= 0.6 is 0 Å². The van der Waals surface area contributed by atoms with Crippen molar-refractivity contribution in [3.8, 4) is 0 Å². The average molecular weight is 198 g/mol. The lowest BCUT2D eigenvalue weighted by Crippen LogP contribution is -2.14. The molecule has 0 bridgehead atoms. The molecule has 1 atom stereocenters. The predicted molar refractivity (Wildman–Crippen MR) is 48.1 cm³/mol. The molecule has 0 aliphatic carbocycles. The van der Waals surface area contributed by atoms with Crippen LogP contribution in [0.4, 0.5) is 4.39 Å². The zero-order valence-corrected chi connectivity index (χ0v) is 7.95. The minimum atomic E-state index is -0.801. The highest BCUT2D eigenvalue weighted by atomic mass is 19.1. The van der Waals surface area contributed by atoms with Crippen molar-refractivity contribution in [3.63, 3.8) is 0 Å². The fraction of sp³-hybridized carbons (Fsp3) is 0.333. The van der Waals surface area contributed by atoms with E-state index in [1.54, 1.807) is 6.92 Å². The van der Waals surface area contributed by atoms with Crippen LogP contribution in [0.5, 0.6) is 0 Å². The maximum atomic E-state index is 13.5. The molecule has 0 aromatic carbocycles. The van der Waals surface area contributed by atoms with Gasteiger partial charge in [0, 0.05) is 17.8 Å². The fourth-order valence-corrected chi connectivity index (χ4v) is 1.05. The lowest BCUT2D eigenvalue weighted by atomic mass is 10.1. The molecule has 1 heterocycles. The van der Waals surface area contributed by atoms with E-state index in [-0.39, 0.29) is 11.3 Å². The lowest BCUT2D eigenvalue weighted by molar-refractivity contribution is 0.0588. The molecule has 1 aromatic heterocycles. The zero-order chi connectivity index (χ0) is 10.7. The molecule has 2 N–H and O–H groups in total. The van der Waals surface area contributed by atoms with Crippen molar-refractivity contribution >= 4 is 5.97 Å². The lowest BCUT2D eigenvalue weighted by Gasteiger charge is -2.08. The van der Waals surface area contributed by atoms with Gasteiger partial charge in [-0.05, 0) is 13.0 Å². The van der Waals surface area contributed by atoms with E-state index in [1.807, 2.05) is 0 Å². The molecule has 0 radical (unpaired) electrons. The van der Waals surface area contributed by atoms with Crippen LogP contribution in [0, 0.1) is 5.82 Å². The van der Waals surface area contributed by atoms with Gasteiger partial charge in [0.2, 0.25) is 0 Å². The molecule has 14 heavy (non-hydrogen) atoms. The van der Waals surface area contributed by atoms with Crippen molar-refractivity contribution in [1.82, 2.24) is 4.98 Å². The third-order valence-corrected chi connectivity index (χ3v) is 1.79. The molecule has 0 aliphatic rings. The Labute approximate surface area is 80.9 Å². The fourth-order valence-electron chi connectivity index (χ4n) is 1.05. The smallest absolute Gasteiger partial charge is 0.359 e. The quantitative estimate of drug-likeness (QED) is 0.721. The molecule has 1 rings (SSSR count). The maximum absolute atomic E-state index is 13.5. The number of halogens is 1. The molecule has 0 aliphatic heterocycles. The Balaban J connectivity index is 3.20. The van der Waals surface area contributed by atoms with Crippen LogP contribution in [-0.2, 0) is 4.74 Å². The third kappa shape index (κ3) is 1.88. The molecule has 4 nitrogen and oxygen atoms in total. The van der Waals surface area contributed by atoms with Crippen molar-refractivity contribution in [3.05, 3.63) is 29.3 Å². The van der Waals surface area contributed by atoms with Gasteiger partial charge in [0.15, 0.2) is 11.5 Å². The number of nitrogens with zero attached hydrogens (tertiary/aromatic N) is 1. The molecule has 0 spiro atoms. The number of pyridine rings is 1. The highest BCUT2D eigenvalue weighted by molar-refractivity contribution is 5.87. The summed E-state index contributed by atoms with van der Waals surface area (Å²) >= 11 is 0. The summed E-state index contributed by atoms with van der Waals surface area (Å²) in [4.78, 5) is 14.6. The highest BCUT2D eigenvalue weighted by Crippen LogP contribution is 2.16. The molecule has 0 fully saturated rings. The number of nitrogens with two attached hydrogens (primary N) is 1. The van der Waals surface area contributed by atoms with E-state index in [9.17, 15) is 9.18 Å². The number of esters is 1. The second kappa shape index (κ2) is 4.15. The van der Waals surface area contributed by atoms with Gasteiger partial charge in [-0.1, -0.05) is 0 Å². The van der Waals surface area contributed by atoms with E-state index >= 15 is 0 Å². The van der Waals surface area contributed by atoms with E-state index in [0.717, 1.165) is 0 Å². The van der Waals surface area contributed by atoms with Crippen molar-refractivity contribution in [2.75, 3.05) is 7.11 Å². The number of aromatic nitrogens is 1. The molecule has 1 aromatic rings. The SMILES string of the molecule is COC(=O)c1nccc([C@@H](C)N)c1F. The Kier molecular flexibility index (Phi) is 3.14. The predicted octanol–water partition coefficient (Wildman–Crippen LogP) is 1.03. The minimum Gasteiger partial charge on any atom is -0.464 e. The van der Waals surface area contributed by atoms with Crippen molar-refractivity contribution < 1.29 is 13.9 Å². The summed E-state index contributed by atoms with van der Waals surface area (Å²) in [6, 6.07) is 0.952. The van der Waals surface area contributed by atoms with Crippen LogP contribution in [-0.4, -0.2) is 18.1 Å². The Hall–Kier alpha value is -1.49. The molecule has 0 saturated carbocycles. The number of methoxy groups -OCH3 is 1. The Morgan fingerprint density at radius 1 is 1.71 bits per heavy atom. The van der Waals surface area contributed by atoms with Crippen molar-refractivity contribution in [1.29, 1.82) is 0 Å². The van der Waals surface area contributed by atoms with Gasteiger partial charge in [0.1, 0.15) is 0 Å². The third-order valence-electron chi connectivity index (χ3n) is 1.79. The van der Waals surface area contributed by atoms with Gasteiger partial charge < -0.3 is 10.5 Å². The van der Waals surface area contributed by atoms with Gasteiger partial charge in [-0.15, -0.1) is 0 Å². The van der Waals surface area contributed by atoms with Gasteiger partial charge >= 0.3 is 5.97 Å². The Bertz CT molecular complexity index is 353. The first-order valence-electron chi connectivity index (χ1n) is 4.06. The highest BCUT2D eigenvalue weighted by Gasteiger charge is 2.18. The van der Waals surface area contributed by atoms with E-state index in [4.69, 9.17) is 5.73 Å². The largest absolute Gasteiger partial charge is 0.464 e. The van der Waals surface area contributed by atoms with E-state index in [2.05, 4.69) is 9.72 Å².